The van der Waals surface area contributed by atoms with Crippen molar-refractivity contribution in [2.75, 3.05) is 18.1 Å². The van der Waals surface area contributed by atoms with E-state index in [4.69, 9.17) is 4.74 Å². The van der Waals surface area contributed by atoms with Crippen molar-refractivity contribution in [3.63, 3.8) is 0 Å². The fourth-order valence-electron chi connectivity index (χ4n) is 3.99. The van der Waals surface area contributed by atoms with Gasteiger partial charge in [0.25, 0.3) is 5.91 Å². The smallest absolute Gasteiger partial charge is 0.259 e. The van der Waals surface area contributed by atoms with E-state index >= 15 is 0 Å². The highest BCUT2D eigenvalue weighted by Crippen LogP contribution is 2.37. The maximum absolute atomic E-state index is 12.8. The molecule has 0 aliphatic carbocycles. The number of hydrogen-bond donors (Lipinski definition) is 1. The topological polar surface area (TPSA) is 49.8 Å². The monoisotopic (exact) mass is 395 g/mol. The lowest BCUT2D eigenvalue weighted by Crippen LogP contribution is -2.37. The number of ether oxygens (including phenoxy) is 1. The largest absolute Gasteiger partial charge is 0.491 e. The molecule has 1 amide bonds. The van der Waals surface area contributed by atoms with Gasteiger partial charge in [0, 0.05) is 10.9 Å². The van der Waals surface area contributed by atoms with Crippen molar-refractivity contribution in [1.82, 2.24) is 0 Å². The number of β-amino-alcohol motifs (C(OH)–C–C–N with tert-alkyl or cyclic N) is 1. The summed E-state index contributed by atoms with van der Waals surface area (Å²) in [5.41, 5.74) is 3.79. The predicted octanol–water partition coefficient (Wildman–Crippen LogP) is 4.91. The van der Waals surface area contributed by atoms with Gasteiger partial charge in [-0.2, -0.15) is 0 Å². The van der Waals surface area contributed by atoms with E-state index in [2.05, 4.69) is 12.1 Å². The normalized spacial score (nSPS) is 13.6. The highest BCUT2D eigenvalue weighted by molar-refractivity contribution is 6.25. The Kier molecular flexibility index (Phi) is 4.69. The third-order valence-electron chi connectivity index (χ3n) is 5.45. The van der Waals surface area contributed by atoms with Crippen molar-refractivity contribution in [1.29, 1.82) is 0 Å². The lowest BCUT2D eigenvalue weighted by molar-refractivity contribution is 0.0914. The van der Waals surface area contributed by atoms with E-state index < -0.39 is 6.10 Å². The quantitative estimate of drug-likeness (QED) is 0.505. The molecule has 30 heavy (non-hydrogen) atoms. The Morgan fingerprint density at radius 2 is 1.50 bits per heavy atom. The van der Waals surface area contributed by atoms with Crippen LogP contribution in [0.3, 0.4) is 0 Å². The maximum atomic E-state index is 12.8. The van der Waals surface area contributed by atoms with Gasteiger partial charge in [0.1, 0.15) is 18.5 Å². The molecule has 1 aliphatic heterocycles. The zero-order valence-electron chi connectivity index (χ0n) is 16.4. The predicted molar refractivity (Wildman–Crippen MR) is 119 cm³/mol. The first kappa shape index (κ1) is 18.4. The van der Waals surface area contributed by atoms with Gasteiger partial charge >= 0.3 is 0 Å². The van der Waals surface area contributed by atoms with Crippen LogP contribution >= 0.6 is 0 Å². The summed E-state index contributed by atoms with van der Waals surface area (Å²) in [7, 11) is 0. The van der Waals surface area contributed by atoms with Crippen molar-refractivity contribution < 1.29 is 14.6 Å². The first-order valence-electron chi connectivity index (χ1n) is 10.0. The Morgan fingerprint density at radius 1 is 0.800 bits per heavy atom. The molecule has 4 nitrogen and oxygen atoms in total. The molecule has 0 bridgehead atoms. The molecule has 1 heterocycles. The Hall–Kier alpha value is -3.63. The van der Waals surface area contributed by atoms with E-state index in [-0.39, 0.29) is 19.1 Å². The van der Waals surface area contributed by atoms with Crippen molar-refractivity contribution in [3.05, 3.63) is 96.6 Å². The SMILES string of the molecule is O=C1c2cccc3cccc(c23)N1C[C@H](O)COc1ccc(-c2ccccc2)cc1. The molecule has 0 spiro atoms. The van der Waals surface area contributed by atoms with Crippen LogP contribution in [0.25, 0.3) is 21.9 Å². The molecular weight excluding hydrogens is 374 g/mol. The van der Waals surface area contributed by atoms with E-state index in [1.165, 1.54) is 0 Å². The fourth-order valence-corrected chi connectivity index (χ4v) is 3.99. The summed E-state index contributed by atoms with van der Waals surface area (Å²) in [5, 5.41) is 12.5. The average Bonchev–Trinajstić information content (AvgIpc) is 3.07. The summed E-state index contributed by atoms with van der Waals surface area (Å²) in [6.45, 7) is 0.301. The van der Waals surface area contributed by atoms with E-state index in [9.17, 15) is 9.90 Å². The molecular formula is C26H21NO3. The van der Waals surface area contributed by atoms with Crippen molar-refractivity contribution in [2.45, 2.75) is 6.10 Å². The van der Waals surface area contributed by atoms with Gasteiger partial charge in [-0.3, -0.25) is 4.79 Å². The lowest BCUT2D eigenvalue weighted by atomic mass is 10.1. The summed E-state index contributed by atoms with van der Waals surface area (Å²) in [6, 6.07) is 29.5. The Bertz CT molecular complexity index is 1200. The zero-order chi connectivity index (χ0) is 20.5. The van der Waals surface area contributed by atoms with Crippen LogP contribution in [-0.4, -0.2) is 30.3 Å². The first-order chi connectivity index (χ1) is 14.7. The van der Waals surface area contributed by atoms with E-state index in [0.717, 1.165) is 27.6 Å². The number of hydrogen-bond acceptors (Lipinski definition) is 3. The van der Waals surface area contributed by atoms with Crippen LogP contribution in [0.4, 0.5) is 5.69 Å². The number of amides is 1. The molecule has 0 radical (unpaired) electrons. The second-order valence-corrected chi connectivity index (χ2v) is 7.45. The first-order valence-corrected chi connectivity index (χ1v) is 10.0. The van der Waals surface area contributed by atoms with Crippen LogP contribution in [-0.2, 0) is 0 Å². The van der Waals surface area contributed by atoms with Gasteiger partial charge in [-0.1, -0.05) is 66.7 Å². The molecule has 0 unspecified atom stereocenters. The Labute approximate surface area is 175 Å². The fraction of sp³-hybridized carbons (Fsp3) is 0.115. The molecule has 1 atom stereocenters. The molecule has 4 heteroatoms. The highest BCUT2D eigenvalue weighted by atomic mass is 16.5. The van der Waals surface area contributed by atoms with Crippen LogP contribution in [0.1, 0.15) is 10.4 Å². The number of nitrogens with zero attached hydrogens (tertiary/aromatic N) is 1. The lowest BCUT2D eigenvalue weighted by Gasteiger charge is -2.21. The summed E-state index contributed by atoms with van der Waals surface area (Å²) >= 11 is 0. The summed E-state index contributed by atoms with van der Waals surface area (Å²) in [4.78, 5) is 14.5. The van der Waals surface area contributed by atoms with Crippen LogP contribution < -0.4 is 9.64 Å². The van der Waals surface area contributed by atoms with Crippen molar-refractivity contribution >= 4 is 22.4 Å². The van der Waals surface area contributed by atoms with Gasteiger partial charge in [-0.25, -0.2) is 0 Å². The van der Waals surface area contributed by atoms with Crippen molar-refractivity contribution in [2.24, 2.45) is 0 Å². The van der Waals surface area contributed by atoms with E-state index in [1.54, 1.807) is 4.90 Å². The van der Waals surface area contributed by atoms with Gasteiger partial charge in [0.15, 0.2) is 0 Å². The van der Waals surface area contributed by atoms with E-state index in [0.29, 0.717) is 11.3 Å². The number of benzene rings is 4. The average molecular weight is 395 g/mol. The number of carbonyl (C=O) groups is 1. The minimum Gasteiger partial charge on any atom is -0.491 e. The Morgan fingerprint density at radius 3 is 2.27 bits per heavy atom. The zero-order valence-corrected chi connectivity index (χ0v) is 16.4. The van der Waals surface area contributed by atoms with Gasteiger partial charge in [-0.05, 0) is 40.8 Å². The van der Waals surface area contributed by atoms with Crippen molar-refractivity contribution in [3.8, 4) is 16.9 Å². The molecule has 1 aliphatic rings. The third-order valence-corrected chi connectivity index (χ3v) is 5.45. The van der Waals surface area contributed by atoms with Crippen LogP contribution in [0, 0.1) is 0 Å². The van der Waals surface area contributed by atoms with Gasteiger partial charge in [0.2, 0.25) is 0 Å². The molecule has 1 N–H and O–H groups in total. The molecule has 4 aromatic rings. The minimum atomic E-state index is -0.799. The molecule has 0 saturated heterocycles. The van der Waals surface area contributed by atoms with E-state index in [1.807, 2.05) is 78.9 Å². The molecule has 148 valence electrons. The number of rotatable bonds is 6. The molecule has 4 aromatic carbocycles. The standard InChI is InChI=1S/C26H21NO3/c28-21(17-30-22-14-12-19(13-15-22)18-6-2-1-3-7-18)16-27-24-11-5-9-20-8-4-10-23(25(20)24)26(27)29/h1-15,21,28H,16-17H2/t21-/m0/s1. The number of anilines is 1. The molecule has 0 aromatic heterocycles. The maximum Gasteiger partial charge on any atom is 0.259 e. The summed E-state index contributed by atoms with van der Waals surface area (Å²) in [5.74, 6) is 0.611. The second kappa shape index (κ2) is 7.65. The van der Waals surface area contributed by atoms with Gasteiger partial charge in [0.05, 0.1) is 12.2 Å². The van der Waals surface area contributed by atoms with Gasteiger partial charge < -0.3 is 14.7 Å². The number of aliphatic hydroxyl groups excluding tert-OH is 1. The van der Waals surface area contributed by atoms with Crippen LogP contribution in [0.5, 0.6) is 5.75 Å². The van der Waals surface area contributed by atoms with Crippen LogP contribution in [0.15, 0.2) is 91.0 Å². The number of carbonyl (C=O) groups excluding carboxylic acids is 1. The third kappa shape index (κ3) is 3.31. The highest BCUT2D eigenvalue weighted by Gasteiger charge is 2.30. The molecule has 5 rings (SSSR count). The summed E-state index contributed by atoms with van der Waals surface area (Å²) < 4.78 is 5.77. The van der Waals surface area contributed by atoms with Crippen LogP contribution in [0.2, 0.25) is 0 Å². The molecule has 0 fully saturated rings. The Balaban J connectivity index is 1.25. The second-order valence-electron chi connectivity index (χ2n) is 7.45. The summed E-state index contributed by atoms with van der Waals surface area (Å²) in [6.07, 6.45) is -0.799. The number of aliphatic hydroxyl groups is 1. The molecule has 0 saturated carbocycles. The van der Waals surface area contributed by atoms with Gasteiger partial charge in [-0.15, -0.1) is 0 Å². The minimum absolute atomic E-state index is 0.0759.